The Morgan fingerprint density at radius 2 is 1.90 bits per heavy atom. The molecule has 0 spiro atoms. The Kier molecular flexibility index (Phi) is 4.47. The van der Waals surface area contributed by atoms with E-state index >= 15 is 0 Å². The zero-order valence-electron chi connectivity index (χ0n) is 7.33. The fourth-order valence-corrected chi connectivity index (χ4v) is 1.20. The number of hydrogen-bond acceptors (Lipinski definition) is 0. The molecule has 0 unspecified atom stereocenters. The van der Waals surface area contributed by atoms with Gasteiger partial charge in [0.05, 0.1) is 0 Å². The first-order valence-electron chi connectivity index (χ1n) is 3.85. The average Bonchev–Trinajstić information content (AvgIpc) is 1.78. The summed E-state index contributed by atoms with van der Waals surface area (Å²) in [7, 11) is -1.09. The van der Waals surface area contributed by atoms with Crippen LogP contribution in [0.15, 0.2) is 0 Å². The van der Waals surface area contributed by atoms with Crippen LogP contribution in [0, 0.1) is 18.4 Å². The second kappa shape index (κ2) is 4.57. The molecule has 0 aromatic rings. The molecule has 0 aliphatic rings. The van der Waals surface area contributed by atoms with Crippen molar-refractivity contribution in [3.8, 4) is 11.5 Å². The van der Waals surface area contributed by atoms with Gasteiger partial charge in [-0.25, -0.2) is 0 Å². The SMILES string of the molecule is [CH2]CCCC#C[Si](C)(C)C. The van der Waals surface area contributed by atoms with E-state index in [-0.39, 0.29) is 0 Å². The van der Waals surface area contributed by atoms with E-state index in [1.54, 1.807) is 0 Å². The summed E-state index contributed by atoms with van der Waals surface area (Å²) in [6, 6.07) is 0. The van der Waals surface area contributed by atoms with Crippen molar-refractivity contribution in [2.75, 3.05) is 0 Å². The average molecular weight is 153 g/mol. The molecule has 0 amide bonds. The van der Waals surface area contributed by atoms with Crippen molar-refractivity contribution in [2.45, 2.75) is 38.9 Å². The number of rotatable bonds is 2. The normalized spacial score (nSPS) is 10.4. The summed E-state index contributed by atoms with van der Waals surface area (Å²) in [6.45, 7) is 10.6. The fraction of sp³-hybridized carbons (Fsp3) is 0.667. The van der Waals surface area contributed by atoms with Crippen LogP contribution in [0.1, 0.15) is 19.3 Å². The van der Waals surface area contributed by atoms with E-state index in [4.69, 9.17) is 0 Å². The largest absolute Gasteiger partial charge is 0.132 e. The maximum atomic E-state index is 3.76. The number of unbranched alkanes of at least 4 members (excludes halogenated alkanes) is 2. The van der Waals surface area contributed by atoms with E-state index in [0.717, 1.165) is 19.3 Å². The monoisotopic (exact) mass is 153 g/mol. The molecule has 0 saturated heterocycles. The zero-order chi connectivity index (χ0) is 8.04. The third kappa shape index (κ3) is 7.78. The van der Waals surface area contributed by atoms with Crippen LogP contribution in [-0.2, 0) is 0 Å². The minimum atomic E-state index is -1.09. The summed E-state index contributed by atoms with van der Waals surface area (Å²) < 4.78 is 0. The van der Waals surface area contributed by atoms with Crippen molar-refractivity contribution >= 4 is 8.07 Å². The summed E-state index contributed by atoms with van der Waals surface area (Å²) in [6.07, 6.45) is 3.20. The third-order valence-corrected chi connectivity index (χ3v) is 1.94. The summed E-state index contributed by atoms with van der Waals surface area (Å²) in [5.41, 5.74) is 3.32. The highest BCUT2D eigenvalue weighted by Crippen LogP contribution is 1.97. The van der Waals surface area contributed by atoms with Crippen molar-refractivity contribution < 1.29 is 0 Å². The Bertz CT molecular complexity index is 131. The molecule has 0 fully saturated rings. The molecule has 0 aromatic carbocycles. The van der Waals surface area contributed by atoms with Crippen LogP contribution in [-0.4, -0.2) is 8.07 Å². The Hall–Kier alpha value is -0.223. The Morgan fingerprint density at radius 3 is 2.30 bits per heavy atom. The van der Waals surface area contributed by atoms with Gasteiger partial charge in [0, 0.05) is 6.42 Å². The first-order valence-corrected chi connectivity index (χ1v) is 7.35. The second-order valence-electron chi connectivity index (χ2n) is 3.51. The molecule has 0 atom stereocenters. The van der Waals surface area contributed by atoms with E-state index in [1.807, 2.05) is 0 Å². The molecule has 0 nitrogen and oxygen atoms in total. The first-order chi connectivity index (χ1) is 4.56. The van der Waals surface area contributed by atoms with Crippen LogP contribution in [0.3, 0.4) is 0 Å². The molecule has 0 N–H and O–H groups in total. The molecule has 57 valence electrons. The van der Waals surface area contributed by atoms with Crippen LogP contribution in [0.2, 0.25) is 19.6 Å². The van der Waals surface area contributed by atoms with Gasteiger partial charge in [-0.2, -0.15) is 0 Å². The third-order valence-electron chi connectivity index (χ3n) is 1.02. The number of hydrogen-bond donors (Lipinski definition) is 0. The molecule has 0 bridgehead atoms. The quantitative estimate of drug-likeness (QED) is 0.325. The van der Waals surface area contributed by atoms with Gasteiger partial charge in [-0.1, -0.05) is 33.0 Å². The van der Waals surface area contributed by atoms with E-state index < -0.39 is 8.07 Å². The predicted molar refractivity (Wildman–Crippen MR) is 50.3 cm³/mol. The molecule has 0 aliphatic carbocycles. The van der Waals surface area contributed by atoms with Crippen LogP contribution >= 0.6 is 0 Å². The maximum absolute atomic E-state index is 3.76. The minimum absolute atomic E-state index is 1.01. The molecule has 1 radical (unpaired) electrons. The van der Waals surface area contributed by atoms with Crippen LogP contribution in [0.4, 0.5) is 0 Å². The highest BCUT2D eigenvalue weighted by molar-refractivity contribution is 6.83. The van der Waals surface area contributed by atoms with Gasteiger partial charge in [-0.05, 0) is 6.42 Å². The molecule has 0 heterocycles. The summed E-state index contributed by atoms with van der Waals surface area (Å²) in [4.78, 5) is 0. The van der Waals surface area contributed by atoms with Gasteiger partial charge in [-0.3, -0.25) is 0 Å². The van der Waals surface area contributed by atoms with Gasteiger partial charge in [-0.15, -0.1) is 11.5 Å². The smallest absolute Gasteiger partial charge is 0.129 e. The van der Waals surface area contributed by atoms with Crippen LogP contribution in [0.5, 0.6) is 0 Å². The lowest BCUT2D eigenvalue weighted by atomic mass is 10.3. The van der Waals surface area contributed by atoms with Gasteiger partial charge >= 0.3 is 0 Å². The summed E-state index contributed by atoms with van der Waals surface area (Å²) in [5, 5.41) is 0. The standard InChI is InChI=1S/C9H17Si/c1-5-6-7-8-9-10(2,3)4/h1,5-7H2,2-4H3. The van der Waals surface area contributed by atoms with E-state index in [9.17, 15) is 0 Å². The van der Waals surface area contributed by atoms with E-state index in [2.05, 4.69) is 38.0 Å². The molecule has 0 saturated carbocycles. The second-order valence-corrected chi connectivity index (χ2v) is 8.26. The minimum Gasteiger partial charge on any atom is -0.132 e. The van der Waals surface area contributed by atoms with Crippen molar-refractivity contribution in [3.05, 3.63) is 6.92 Å². The highest BCUT2D eigenvalue weighted by Gasteiger charge is 2.06. The topological polar surface area (TPSA) is 0 Å². The summed E-state index contributed by atoms with van der Waals surface area (Å²) in [5.74, 6) is 3.20. The van der Waals surface area contributed by atoms with Crippen LogP contribution in [0.25, 0.3) is 0 Å². The highest BCUT2D eigenvalue weighted by atomic mass is 28.3. The molecule has 10 heavy (non-hydrogen) atoms. The molecule has 1 heteroatoms. The van der Waals surface area contributed by atoms with Crippen molar-refractivity contribution in [2.24, 2.45) is 0 Å². The molecule has 0 rings (SSSR count). The van der Waals surface area contributed by atoms with E-state index in [0.29, 0.717) is 0 Å². The van der Waals surface area contributed by atoms with E-state index in [1.165, 1.54) is 0 Å². The van der Waals surface area contributed by atoms with Crippen LogP contribution < -0.4 is 0 Å². The Labute approximate surface area is 66.0 Å². The maximum Gasteiger partial charge on any atom is 0.129 e. The molecule has 0 aromatic heterocycles. The van der Waals surface area contributed by atoms with Gasteiger partial charge < -0.3 is 0 Å². The Morgan fingerprint density at radius 1 is 1.30 bits per heavy atom. The Balaban J connectivity index is 3.50. The van der Waals surface area contributed by atoms with Crippen molar-refractivity contribution in [3.63, 3.8) is 0 Å². The summed E-state index contributed by atoms with van der Waals surface area (Å²) >= 11 is 0. The van der Waals surface area contributed by atoms with Crippen molar-refractivity contribution in [1.29, 1.82) is 0 Å². The lowest BCUT2D eigenvalue weighted by Crippen LogP contribution is -2.16. The van der Waals surface area contributed by atoms with Gasteiger partial charge in [0.2, 0.25) is 0 Å². The fourth-order valence-electron chi connectivity index (χ4n) is 0.541. The van der Waals surface area contributed by atoms with Gasteiger partial charge in [0.25, 0.3) is 0 Å². The molecule has 0 aliphatic heterocycles. The lowest BCUT2D eigenvalue weighted by Gasteiger charge is -2.02. The van der Waals surface area contributed by atoms with Crippen molar-refractivity contribution in [1.82, 2.24) is 0 Å². The first kappa shape index (κ1) is 9.78. The van der Waals surface area contributed by atoms with Gasteiger partial charge in [0.1, 0.15) is 8.07 Å². The molecular weight excluding hydrogens is 136 g/mol. The lowest BCUT2D eigenvalue weighted by molar-refractivity contribution is 0.883. The predicted octanol–water partition coefficient (Wildman–Crippen LogP) is 2.87. The van der Waals surface area contributed by atoms with Gasteiger partial charge in [0.15, 0.2) is 0 Å². The zero-order valence-corrected chi connectivity index (χ0v) is 8.33. The molecular formula is C9H17Si.